The normalized spacial score (nSPS) is 18.3. The first kappa shape index (κ1) is 25.3. The van der Waals surface area contributed by atoms with Gasteiger partial charge < -0.3 is 20.5 Å². The predicted molar refractivity (Wildman–Crippen MR) is 147 cm³/mol. The highest BCUT2D eigenvalue weighted by molar-refractivity contribution is 7.85. The van der Waals surface area contributed by atoms with Crippen LogP contribution in [-0.4, -0.2) is 45.6 Å². The van der Waals surface area contributed by atoms with E-state index in [4.69, 9.17) is 4.74 Å². The fraction of sp³-hybridized carbons (Fsp3) is 0.310. The fourth-order valence-electron chi connectivity index (χ4n) is 4.52. The van der Waals surface area contributed by atoms with Gasteiger partial charge in [0.05, 0.1) is 22.8 Å². The lowest BCUT2D eigenvalue weighted by atomic mass is 9.97. The zero-order valence-electron chi connectivity index (χ0n) is 20.7. The molecule has 2 aliphatic rings. The zero-order chi connectivity index (χ0) is 25.5. The molecule has 1 unspecified atom stereocenters. The number of nitrogens with one attached hydrogen (secondary N) is 2. The van der Waals surface area contributed by atoms with E-state index in [1.807, 2.05) is 48.7 Å². The van der Waals surface area contributed by atoms with E-state index in [0.29, 0.717) is 19.0 Å². The Balaban J connectivity index is 1.13. The van der Waals surface area contributed by atoms with Gasteiger partial charge in [0.25, 0.3) is 0 Å². The third-order valence-corrected chi connectivity index (χ3v) is 7.83. The molecule has 3 N–H and O–H groups in total. The lowest BCUT2D eigenvalue weighted by Gasteiger charge is -2.27. The Labute approximate surface area is 220 Å². The lowest BCUT2D eigenvalue weighted by molar-refractivity contribution is 0.146. The average molecular weight is 517 g/mol. The summed E-state index contributed by atoms with van der Waals surface area (Å²) in [5.74, 6) is 1.30. The number of nitrogens with zero attached hydrogens (tertiary/aromatic N) is 2. The van der Waals surface area contributed by atoms with E-state index in [1.54, 1.807) is 18.6 Å². The van der Waals surface area contributed by atoms with Gasteiger partial charge in [0.2, 0.25) is 0 Å². The highest BCUT2D eigenvalue weighted by Gasteiger charge is 2.20. The summed E-state index contributed by atoms with van der Waals surface area (Å²) in [5.41, 5.74) is 5.25. The van der Waals surface area contributed by atoms with Gasteiger partial charge in [-0.25, -0.2) is 0 Å². The molecular weight excluding hydrogens is 484 g/mol. The zero-order valence-corrected chi connectivity index (χ0v) is 21.5. The number of aliphatic imine (C=N–C) groups is 1. The highest BCUT2D eigenvalue weighted by atomic mass is 32.2. The van der Waals surface area contributed by atoms with Gasteiger partial charge in [-0.3, -0.25) is 14.2 Å². The summed E-state index contributed by atoms with van der Waals surface area (Å²) in [7, 11) is -1.12. The Kier molecular flexibility index (Phi) is 8.40. The standard InChI is InChI=1S/C29H32N4O3S/c34-28(24-3-1-13-30-16-24)19-32-18-26-9-5-23-15-22(8-12-29(23)36-26)21-6-10-27(11-7-21)37(35)20-33-25-4-2-14-31-17-25/h1,3,6-8,10-17,26,28,32-34H,2,4-5,9,18-20H2/t26-,28+,37?/m1/s1. The molecule has 0 spiro atoms. The van der Waals surface area contributed by atoms with Crippen molar-refractivity contribution in [2.45, 2.75) is 42.8 Å². The van der Waals surface area contributed by atoms with Gasteiger partial charge in [0, 0.05) is 54.1 Å². The minimum absolute atomic E-state index is 0.0681. The summed E-state index contributed by atoms with van der Waals surface area (Å²) in [5, 5.41) is 16.9. The average Bonchev–Trinajstić information content (AvgIpc) is 2.96. The number of pyridine rings is 1. The Bertz CT molecular complexity index is 1280. The number of ether oxygens (including phenoxy) is 1. The van der Waals surface area contributed by atoms with Crippen LogP contribution in [0.25, 0.3) is 11.1 Å². The molecule has 0 saturated carbocycles. The second-order valence-corrected chi connectivity index (χ2v) is 10.7. The number of hydrogen-bond acceptors (Lipinski definition) is 7. The number of aromatic nitrogens is 1. The van der Waals surface area contributed by atoms with Crippen molar-refractivity contribution >= 4 is 17.0 Å². The van der Waals surface area contributed by atoms with Crippen LogP contribution < -0.4 is 15.4 Å². The highest BCUT2D eigenvalue weighted by Crippen LogP contribution is 2.32. The lowest BCUT2D eigenvalue weighted by Crippen LogP contribution is -2.36. The maximum Gasteiger partial charge on any atom is 0.123 e. The molecule has 0 bridgehead atoms. The summed E-state index contributed by atoms with van der Waals surface area (Å²) in [6, 6.07) is 18.0. The quantitative estimate of drug-likeness (QED) is 0.375. The maximum atomic E-state index is 12.7. The summed E-state index contributed by atoms with van der Waals surface area (Å²) < 4.78 is 18.9. The van der Waals surface area contributed by atoms with E-state index >= 15 is 0 Å². The molecular formula is C29H32N4O3S. The minimum atomic E-state index is -1.12. The van der Waals surface area contributed by atoms with Gasteiger partial charge in [0.15, 0.2) is 0 Å². The monoisotopic (exact) mass is 516 g/mol. The molecule has 5 rings (SSSR count). The molecule has 0 saturated heterocycles. The molecule has 1 aromatic heterocycles. The molecule has 0 radical (unpaired) electrons. The number of hydrogen-bond donors (Lipinski definition) is 3. The number of aliphatic hydroxyl groups excluding tert-OH is 1. The summed E-state index contributed by atoms with van der Waals surface area (Å²) in [4.78, 5) is 9.01. The third kappa shape index (κ3) is 6.71. The van der Waals surface area contributed by atoms with Gasteiger partial charge >= 0.3 is 0 Å². The summed E-state index contributed by atoms with van der Waals surface area (Å²) in [6.45, 7) is 1.14. The second kappa shape index (κ2) is 12.3. The van der Waals surface area contributed by atoms with Crippen LogP contribution in [0.2, 0.25) is 0 Å². The molecule has 3 atom stereocenters. The SMILES string of the molecule is O=S(CNC1=CN=CCC1)c1ccc(-c2ccc3c(c2)CC[C@H](CNC[C@H](O)c2cccnc2)O3)cc1. The van der Waals surface area contributed by atoms with Crippen molar-refractivity contribution in [2.75, 3.05) is 19.0 Å². The van der Waals surface area contributed by atoms with Crippen LogP contribution >= 0.6 is 0 Å². The summed E-state index contributed by atoms with van der Waals surface area (Å²) in [6.07, 6.45) is 10.2. The Morgan fingerprint density at radius 1 is 1.11 bits per heavy atom. The number of rotatable bonds is 10. The number of aryl methyl sites for hydroxylation is 1. The summed E-state index contributed by atoms with van der Waals surface area (Å²) >= 11 is 0. The molecule has 2 aliphatic heterocycles. The van der Waals surface area contributed by atoms with E-state index in [0.717, 1.165) is 58.7 Å². The van der Waals surface area contributed by atoms with Gasteiger partial charge in [0.1, 0.15) is 11.9 Å². The molecule has 0 aliphatic carbocycles. The molecule has 2 aromatic carbocycles. The van der Waals surface area contributed by atoms with Crippen molar-refractivity contribution in [3.63, 3.8) is 0 Å². The fourth-order valence-corrected chi connectivity index (χ4v) is 5.44. The van der Waals surface area contributed by atoms with Crippen molar-refractivity contribution in [3.05, 3.63) is 90.0 Å². The molecule has 0 fully saturated rings. The third-order valence-electron chi connectivity index (χ3n) is 6.63. The molecule has 7 nitrogen and oxygen atoms in total. The number of benzene rings is 2. The van der Waals surface area contributed by atoms with Crippen molar-refractivity contribution in [1.82, 2.24) is 15.6 Å². The number of fused-ring (bicyclic) bond motifs is 1. The molecule has 192 valence electrons. The van der Waals surface area contributed by atoms with Crippen LogP contribution in [0.3, 0.4) is 0 Å². The molecule has 37 heavy (non-hydrogen) atoms. The Hall–Kier alpha value is -3.33. The maximum absolute atomic E-state index is 12.7. The van der Waals surface area contributed by atoms with Crippen LogP contribution in [0.15, 0.2) is 88.8 Å². The smallest absolute Gasteiger partial charge is 0.123 e. The van der Waals surface area contributed by atoms with E-state index in [1.165, 1.54) is 5.56 Å². The first-order chi connectivity index (χ1) is 18.2. The van der Waals surface area contributed by atoms with E-state index < -0.39 is 16.9 Å². The van der Waals surface area contributed by atoms with Crippen molar-refractivity contribution in [3.8, 4) is 16.9 Å². The first-order valence-electron chi connectivity index (χ1n) is 12.7. The minimum Gasteiger partial charge on any atom is -0.489 e. The van der Waals surface area contributed by atoms with Crippen molar-refractivity contribution < 1.29 is 14.1 Å². The van der Waals surface area contributed by atoms with Crippen LogP contribution in [0.1, 0.15) is 36.5 Å². The largest absolute Gasteiger partial charge is 0.489 e. The van der Waals surface area contributed by atoms with Crippen LogP contribution in [0.4, 0.5) is 0 Å². The number of allylic oxidation sites excluding steroid dienone is 1. The molecule has 8 heteroatoms. The molecule has 0 amide bonds. The predicted octanol–water partition coefficient (Wildman–Crippen LogP) is 4.13. The Morgan fingerprint density at radius 3 is 2.76 bits per heavy atom. The topological polar surface area (TPSA) is 95.8 Å². The van der Waals surface area contributed by atoms with Crippen LogP contribution in [0.5, 0.6) is 5.75 Å². The number of aliphatic hydroxyl groups is 1. The Morgan fingerprint density at radius 2 is 1.97 bits per heavy atom. The van der Waals surface area contributed by atoms with E-state index in [9.17, 15) is 9.32 Å². The van der Waals surface area contributed by atoms with Crippen LogP contribution in [-0.2, 0) is 17.2 Å². The van der Waals surface area contributed by atoms with E-state index in [2.05, 4.69) is 32.7 Å². The van der Waals surface area contributed by atoms with Gasteiger partial charge in [-0.2, -0.15) is 0 Å². The molecule has 3 heterocycles. The van der Waals surface area contributed by atoms with Crippen molar-refractivity contribution in [1.29, 1.82) is 0 Å². The van der Waals surface area contributed by atoms with Gasteiger partial charge in [-0.1, -0.05) is 24.3 Å². The second-order valence-electron chi connectivity index (χ2n) is 9.28. The van der Waals surface area contributed by atoms with Gasteiger partial charge in [-0.05, 0) is 72.7 Å². The van der Waals surface area contributed by atoms with Crippen molar-refractivity contribution in [2.24, 2.45) is 4.99 Å². The van der Waals surface area contributed by atoms with E-state index in [-0.39, 0.29) is 6.10 Å². The first-order valence-corrected chi connectivity index (χ1v) is 14.0. The van der Waals surface area contributed by atoms with Gasteiger partial charge in [-0.15, -0.1) is 0 Å². The molecule has 3 aromatic rings. The van der Waals surface area contributed by atoms with Crippen LogP contribution in [0, 0.1) is 0 Å².